The van der Waals surface area contributed by atoms with Gasteiger partial charge in [-0.15, -0.1) is 0 Å². The van der Waals surface area contributed by atoms with E-state index in [1.54, 1.807) is 12.1 Å². The van der Waals surface area contributed by atoms with Crippen molar-refractivity contribution in [2.45, 2.75) is 44.9 Å². The first-order chi connectivity index (χ1) is 9.62. The van der Waals surface area contributed by atoms with E-state index in [1.165, 1.54) is 25.3 Å². The Morgan fingerprint density at radius 2 is 2.15 bits per heavy atom. The molecule has 1 aromatic carbocycles. The predicted octanol–water partition coefficient (Wildman–Crippen LogP) is 5.08. The highest BCUT2D eigenvalue weighted by Crippen LogP contribution is 2.27. The molecule has 0 spiro atoms. The second-order valence-electron chi connectivity index (χ2n) is 4.91. The maximum Gasteiger partial charge on any atom is 0.270 e. The van der Waals surface area contributed by atoms with Crippen LogP contribution in [-0.2, 0) is 5.33 Å². The summed E-state index contributed by atoms with van der Waals surface area (Å²) in [6.45, 7) is 5.03. The quantitative estimate of drug-likeness (QED) is 0.356. The van der Waals surface area contributed by atoms with E-state index < -0.39 is 0 Å². The second-order valence-corrected chi connectivity index (χ2v) is 5.47. The SMILES string of the molecule is CCCCC(CC)COc1ccc([N+](=O)[O-])cc1CBr. The summed E-state index contributed by atoms with van der Waals surface area (Å²) in [6.07, 6.45) is 4.67. The lowest BCUT2D eigenvalue weighted by Gasteiger charge is -2.17. The minimum absolute atomic E-state index is 0.102. The fourth-order valence-electron chi connectivity index (χ4n) is 2.03. The Balaban J connectivity index is 2.69. The summed E-state index contributed by atoms with van der Waals surface area (Å²) in [5.74, 6) is 1.29. The molecule has 4 nitrogen and oxygen atoms in total. The van der Waals surface area contributed by atoms with E-state index in [1.807, 2.05) is 0 Å². The summed E-state index contributed by atoms with van der Waals surface area (Å²) in [5, 5.41) is 11.3. The summed E-state index contributed by atoms with van der Waals surface area (Å²) in [6, 6.07) is 4.76. The number of unbranched alkanes of at least 4 members (excludes halogenated alkanes) is 1. The van der Waals surface area contributed by atoms with Crippen LogP contribution in [0.15, 0.2) is 18.2 Å². The Bertz CT molecular complexity index is 437. The lowest BCUT2D eigenvalue weighted by Crippen LogP contribution is -2.12. The van der Waals surface area contributed by atoms with Crippen LogP contribution in [-0.4, -0.2) is 11.5 Å². The van der Waals surface area contributed by atoms with Gasteiger partial charge in [-0.25, -0.2) is 0 Å². The normalized spacial score (nSPS) is 12.2. The molecule has 0 amide bonds. The molecule has 0 bridgehead atoms. The number of nitro benzene ring substituents is 1. The Hall–Kier alpha value is -1.10. The number of benzene rings is 1. The molecule has 0 aliphatic rings. The highest BCUT2D eigenvalue weighted by Gasteiger charge is 2.13. The molecule has 0 aliphatic heterocycles. The molecule has 20 heavy (non-hydrogen) atoms. The van der Waals surface area contributed by atoms with Gasteiger partial charge in [-0.05, 0) is 18.4 Å². The van der Waals surface area contributed by atoms with Gasteiger partial charge in [0.15, 0.2) is 0 Å². The zero-order valence-corrected chi connectivity index (χ0v) is 13.7. The van der Waals surface area contributed by atoms with Crippen LogP contribution in [0.4, 0.5) is 5.69 Å². The number of hydrogen-bond acceptors (Lipinski definition) is 3. The van der Waals surface area contributed by atoms with Crippen molar-refractivity contribution in [3.8, 4) is 5.75 Å². The van der Waals surface area contributed by atoms with Crippen molar-refractivity contribution >= 4 is 21.6 Å². The molecule has 0 N–H and O–H groups in total. The summed E-state index contributed by atoms with van der Waals surface area (Å²) in [7, 11) is 0. The summed E-state index contributed by atoms with van der Waals surface area (Å²) < 4.78 is 5.86. The van der Waals surface area contributed by atoms with Crippen LogP contribution in [0.25, 0.3) is 0 Å². The van der Waals surface area contributed by atoms with Crippen molar-refractivity contribution in [1.82, 2.24) is 0 Å². The highest BCUT2D eigenvalue weighted by atomic mass is 79.9. The van der Waals surface area contributed by atoms with Crippen LogP contribution in [0.3, 0.4) is 0 Å². The Labute approximate surface area is 128 Å². The molecule has 1 aromatic rings. The lowest BCUT2D eigenvalue weighted by atomic mass is 10.0. The summed E-state index contributed by atoms with van der Waals surface area (Å²) in [5.41, 5.74) is 0.925. The Morgan fingerprint density at radius 1 is 1.40 bits per heavy atom. The third-order valence-corrected chi connectivity index (χ3v) is 4.02. The molecular formula is C15H22BrNO3. The molecule has 0 fully saturated rings. The Morgan fingerprint density at radius 3 is 2.70 bits per heavy atom. The van der Waals surface area contributed by atoms with E-state index in [2.05, 4.69) is 29.8 Å². The standard InChI is InChI=1S/C15H22BrNO3/c1-3-5-6-12(4-2)11-20-15-8-7-14(17(18)19)9-13(15)10-16/h7-9,12H,3-6,10-11H2,1-2H3. The molecule has 1 rings (SSSR count). The van der Waals surface area contributed by atoms with Gasteiger partial charge in [0.25, 0.3) is 5.69 Å². The van der Waals surface area contributed by atoms with Gasteiger partial charge in [-0.3, -0.25) is 10.1 Å². The number of halogens is 1. The number of rotatable bonds is 9. The second kappa shape index (κ2) is 8.95. The largest absolute Gasteiger partial charge is 0.493 e. The molecule has 0 heterocycles. The van der Waals surface area contributed by atoms with Gasteiger partial charge in [0, 0.05) is 23.0 Å². The highest BCUT2D eigenvalue weighted by molar-refractivity contribution is 9.08. The van der Waals surface area contributed by atoms with Gasteiger partial charge in [-0.2, -0.15) is 0 Å². The summed E-state index contributed by atoms with van der Waals surface area (Å²) in [4.78, 5) is 10.4. The van der Waals surface area contributed by atoms with Gasteiger partial charge in [0.2, 0.25) is 0 Å². The number of alkyl halides is 1. The fourth-order valence-corrected chi connectivity index (χ4v) is 2.47. The zero-order chi connectivity index (χ0) is 15.0. The van der Waals surface area contributed by atoms with E-state index in [0.717, 1.165) is 17.7 Å². The summed E-state index contributed by atoms with van der Waals surface area (Å²) >= 11 is 3.36. The molecule has 1 atom stereocenters. The third-order valence-electron chi connectivity index (χ3n) is 3.42. The van der Waals surface area contributed by atoms with Crippen LogP contribution in [0.2, 0.25) is 0 Å². The maximum atomic E-state index is 10.8. The average Bonchev–Trinajstić information content (AvgIpc) is 2.47. The lowest BCUT2D eigenvalue weighted by molar-refractivity contribution is -0.384. The predicted molar refractivity (Wildman–Crippen MR) is 84.5 cm³/mol. The van der Waals surface area contributed by atoms with Crippen LogP contribution in [0.1, 0.15) is 45.1 Å². The van der Waals surface area contributed by atoms with Gasteiger partial charge in [0.05, 0.1) is 11.5 Å². The first-order valence-electron chi connectivity index (χ1n) is 7.08. The van der Waals surface area contributed by atoms with Crippen molar-refractivity contribution in [2.24, 2.45) is 5.92 Å². The number of nitro groups is 1. The van der Waals surface area contributed by atoms with Crippen molar-refractivity contribution in [3.63, 3.8) is 0 Å². The maximum absolute atomic E-state index is 10.8. The van der Waals surface area contributed by atoms with Crippen LogP contribution >= 0.6 is 15.9 Å². The molecule has 112 valence electrons. The van der Waals surface area contributed by atoms with Crippen molar-refractivity contribution in [3.05, 3.63) is 33.9 Å². The topological polar surface area (TPSA) is 52.4 Å². The van der Waals surface area contributed by atoms with E-state index in [-0.39, 0.29) is 10.6 Å². The fraction of sp³-hybridized carbons (Fsp3) is 0.600. The van der Waals surface area contributed by atoms with Gasteiger partial charge in [0.1, 0.15) is 5.75 Å². The van der Waals surface area contributed by atoms with E-state index in [4.69, 9.17) is 4.74 Å². The number of nitrogens with zero attached hydrogens (tertiary/aromatic N) is 1. The first kappa shape index (κ1) is 17.0. The minimum atomic E-state index is -0.383. The number of hydrogen-bond donors (Lipinski definition) is 0. The van der Waals surface area contributed by atoms with Crippen LogP contribution in [0.5, 0.6) is 5.75 Å². The number of ether oxygens (including phenoxy) is 1. The zero-order valence-electron chi connectivity index (χ0n) is 12.1. The first-order valence-corrected chi connectivity index (χ1v) is 8.20. The minimum Gasteiger partial charge on any atom is -0.493 e. The molecule has 1 unspecified atom stereocenters. The van der Waals surface area contributed by atoms with Crippen LogP contribution < -0.4 is 4.74 Å². The number of non-ortho nitro benzene ring substituents is 1. The molecule has 0 saturated carbocycles. The van der Waals surface area contributed by atoms with Crippen molar-refractivity contribution in [1.29, 1.82) is 0 Å². The van der Waals surface area contributed by atoms with E-state index >= 15 is 0 Å². The third kappa shape index (κ3) is 5.12. The van der Waals surface area contributed by atoms with Crippen molar-refractivity contribution in [2.75, 3.05) is 6.61 Å². The Kier molecular flexibility index (Phi) is 7.59. The molecule has 0 saturated heterocycles. The van der Waals surface area contributed by atoms with E-state index in [9.17, 15) is 10.1 Å². The van der Waals surface area contributed by atoms with Crippen molar-refractivity contribution < 1.29 is 9.66 Å². The average molecular weight is 344 g/mol. The van der Waals surface area contributed by atoms with E-state index in [0.29, 0.717) is 17.9 Å². The van der Waals surface area contributed by atoms with Gasteiger partial charge >= 0.3 is 0 Å². The van der Waals surface area contributed by atoms with Crippen LogP contribution in [0, 0.1) is 16.0 Å². The van der Waals surface area contributed by atoms with Gasteiger partial charge in [-0.1, -0.05) is 49.0 Å². The molecule has 0 radical (unpaired) electrons. The molecule has 0 aromatic heterocycles. The molecular weight excluding hydrogens is 322 g/mol. The molecule has 0 aliphatic carbocycles. The molecule has 5 heteroatoms. The smallest absolute Gasteiger partial charge is 0.270 e. The monoisotopic (exact) mass is 343 g/mol. The van der Waals surface area contributed by atoms with Gasteiger partial charge < -0.3 is 4.74 Å².